The van der Waals surface area contributed by atoms with Crippen molar-refractivity contribution in [2.45, 2.75) is 24.2 Å². The molecule has 0 aromatic carbocycles. The van der Waals surface area contributed by atoms with Crippen molar-refractivity contribution < 1.29 is 0 Å². The number of hydrogen-bond acceptors (Lipinski definition) is 3. The van der Waals surface area contributed by atoms with Gasteiger partial charge < -0.3 is 4.90 Å². The van der Waals surface area contributed by atoms with Gasteiger partial charge >= 0.3 is 0 Å². The van der Waals surface area contributed by atoms with Gasteiger partial charge in [0.15, 0.2) is 0 Å². The van der Waals surface area contributed by atoms with Crippen molar-refractivity contribution in [2.24, 2.45) is 0 Å². The largest absolute Gasteiger partial charge is 0.303 e. The van der Waals surface area contributed by atoms with Crippen LogP contribution in [0.25, 0.3) is 0 Å². The number of halogens is 1. The first-order valence-corrected chi connectivity index (χ1v) is 7.58. The number of hydrogen-bond donors (Lipinski definition) is 0. The average molecular weight is 301 g/mol. The van der Waals surface area contributed by atoms with Crippen LogP contribution < -0.4 is 0 Å². The Morgan fingerprint density at radius 1 is 1.31 bits per heavy atom. The maximum atomic E-state index is 4.16. The summed E-state index contributed by atoms with van der Waals surface area (Å²) in [7, 11) is 0. The van der Waals surface area contributed by atoms with Gasteiger partial charge in [0.1, 0.15) is 0 Å². The van der Waals surface area contributed by atoms with Gasteiger partial charge in [-0.1, -0.05) is 0 Å². The molecule has 2 nitrogen and oxygen atoms in total. The zero-order chi connectivity index (χ0) is 11.2. The molecule has 16 heavy (non-hydrogen) atoms. The molecule has 1 aromatic heterocycles. The normalized spacial score (nSPS) is 16.8. The van der Waals surface area contributed by atoms with Crippen LogP contribution in [0.1, 0.15) is 19.3 Å². The number of nitrogens with zero attached hydrogens (tertiary/aromatic N) is 2. The van der Waals surface area contributed by atoms with Crippen molar-refractivity contribution in [3.8, 4) is 0 Å². The average Bonchev–Trinajstić information content (AvgIpc) is 2.77. The lowest BCUT2D eigenvalue weighted by Crippen LogP contribution is -2.20. The van der Waals surface area contributed by atoms with Crippen molar-refractivity contribution in [3.63, 3.8) is 0 Å². The van der Waals surface area contributed by atoms with E-state index in [1.165, 1.54) is 49.5 Å². The lowest BCUT2D eigenvalue weighted by molar-refractivity contribution is 0.341. The molecule has 1 fully saturated rings. The van der Waals surface area contributed by atoms with E-state index < -0.39 is 0 Å². The highest BCUT2D eigenvalue weighted by atomic mass is 79.9. The fraction of sp³-hybridized carbons (Fsp3) is 0.583. The fourth-order valence-corrected chi connectivity index (χ4v) is 3.33. The Kier molecular flexibility index (Phi) is 5.13. The Morgan fingerprint density at radius 2 is 2.12 bits per heavy atom. The third-order valence-electron chi connectivity index (χ3n) is 2.77. The molecular weight excluding hydrogens is 284 g/mol. The molecule has 0 N–H and O–H groups in total. The first-order chi connectivity index (χ1) is 7.84. The highest BCUT2D eigenvalue weighted by molar-refractivity contribution is 9.10. The van der Waals surface area contributed by atoms with Gasteiger partial charge in [-0.2, -0.15) is 0 Å². The number of likely N-dealkylation sites (tertiary alicyclic amines) is 1. The van der Waals surface area contributed by atoms with Crippen LogP contribution in [0.3, 0.4) is 0 Å². The molecular formula is C12H17BrN2S. The van der Waals surface area contributed by atoms with E-state index in [0.717, 1.165) is 4.47 Å². The Balaban J connectivity index is 1.64. The van der Waals surface area contributed by atoms with E-state index in [4.69, 9.17) is 0 Å². The molecule has 0 atom stereocenters. The minimum Gasteiger partial charge on any atom is -0.303 e. The van der Waals surface area contributed by atoms with Gasteiger partial charge in [-0.25, -0.2) is 0 Å². The van der Waals surface area contributed by atoms with Crippen molar-refractivity contribution >= 4 is 27.7 Å². The van der Waals surface area contributed by atoms with Crippen LogP contribution >= 0.6 is 27.7 Å². The number of pyridine rings is 1. The van der Waals surface area contributed by atoms with E-state index in [9.17, 15) is 0 Å². The van der Waals surface area contributed by atoms with E-state index in [0.29, 0.717) is 0 Å². The zero-order valence-corrected chi connectivity index (χ0v) is 11.8. The van der Waals surface area contributed by atoms with Crippen LogP contribution in [0.15, 0.2) is 27.8 Å². The molecule has 2 rings (SSSR count). The lowest BCUT2D eigenvalue weighted by atomic mass is 10.4. The summed E-state index contributed by atoms with van der Waals surface area (Å²) in [6.07, 6.45) is 7.82. The van der Waals surface area contributed by atoms with E-state index in [1.54, 1.807) is 0 Å². The molecule has 0 unspecified atom stereocenters. The lowest BCUT2D eigenvalue weighted by Gasteiger charge is -2.13. The van der Waals surface area contributed by atoms with E-state index in [1.807, 2.05) is 24.2 Å². The minimum atomic E-state index is 1.07. The maximum absolute atomic E-state index is 4.16. The second-order valence-corrected chi connectivity index (χ2v) is 6.17. The molecule has 0 bridgehead atoms. The highest BCUT2D eigenvalue weighted by Crippen LogP contribution is 2.21. The summed E-state index contributed by atoms with van der Waals surface area (Å²) in [5.41, 5.74) is 0. The summed E-state index contributed by atoms with van der Waals surface area (Å²) in [5, 5.41) is 0. The van der Waals surface area contributed by atoms with Crippen molar-refractivity contribution in [1.82, 2.24) is 9.88 Å². The third-order valence-corrected chi connectivity index (χ3v) is 4.25. The maximum Gasteiger partial charge on any atom is 0.0411 e. The van der Waals surface area contributed by atoms with Crippen molar-refractivity contribution in [2.75, 3.05) is 25.4 Å². The molecule has 0 amide bonds. The Labute approximate surface area is 110 Å². The predicted octanol–water partition coefficient (Wildman–Crippen LogP) is 3.42. The summed E-state index contributed by atoms with van der Waals surface area (Å²) < 4.78 is 1.07. The Morgan fingerprint density at radius 3 is 2.88 bits per heavy atom. The number of aromatic nitrogens is 1. The third kappa shape index (κ3) is 4.07. The monoisotopic (exact) mass is 300 g/mol. The number of thioether (sulfide) groups is 1. The molecule has 1 aliphatic rings. The predicted molar refractivity (Wildman–Crippen MR) is 73.0 cm³/mol. The molecule has 0 saturated carbocycles. The quantitative estimate of drug-likeness (QED) is 0.612. The number of rotatable bonds is 5. The summed E-state index contributed by atoms with van der Waals surface area (Å²) in [6.45, 7) is 3.88. The molecule has 4 heteroatoms. The molecule has 1 aromatic rings. The molecule has 88 valence electrons. The topological polar surface area (TPSA) is 16.1 Å². The van der Waals surface area contributed by atoms with Gasteiger partial charge in [-0.3, -0.25) is 4.98 Å². The molecule has 1 aliphatic heterocycles. The molecule has 0 radical (unpaired) electrons. The first-order valence-electron chi connectivity index (χ1n) is 5.80. The molecule has 0 aliphatic carbocycles. The summed E-state index contributed by atoms with van der Waals surface area (Å²) >= 11 is 5.34. The SMILES string of the molecule is Brc1cncc(SCCCN2CCCC2)c1. The van der Waals surface area contributed by atoms with Gasteiger partial charge in [0, 0.05) is 21.8 Å². The van der Waals surface area contributed by atoms with Crippen molar-refractivity contribution in [3.05, 3.63) is 22.9 Å². The van der Waals surface area contributed by atoms with Crippen LogP contribution in [-0.2, 0) is 0 Å². The van der Waals surface area contributed by atoms with E-state index in [2.05, 4.69) is 31.9 Å². The summed E-state index contributed by atoms with van der Waals surface area (Å²) in [4.78, 5) is 7.99. The minimum absolute atomic E-state index is 1.07. The Bertz CT molecular complexity index is 327. The summed E-state index contributed by atoms with van der Waals surface area (Å²) in [6, 6.07) is 2.13. The van der Waals surface area contributed by atoms with E-state index >= 15 is 0 Å². The second-order valence-electron chi connectivity index (χ2n) is 4.09. The smallest absolute Gasteiger partial charge is 0.0411 e. The van der Waals surface area contributed by atoms with Crippen LogP contribution in [0, 0.1) is 0 Å². The molecule has 1 saturated heterocycles. The van der Waals surface area contributed by atoms with E-state index in [-0.39, 0.29) is 0 Å². The zero-order valence-electron chi connectivity index (χ0n) is 9.36. The van der Waals surface area contributed by atoms with Gasteiger partial charge in [0.2, 0.25) is 0 Å². The van der Waals surface area contributed by atoms with Crippen molar-refractivity contribution in [1.29, 1.82) is 0 Å². The highest BCUT2D eigenvalue weighted by Gasteiger charge is 2.10. The molecule has 0 spiro atoms. The van der Waals surface area contributed by atoms with Gasteiger partial charge in [0.05, 0.1) is 0 Å². The Hall–Kier alpha value is -0.0600. The van der Waals surface area contributed by atoms with Gasteiger partial charge in [-0.15, -0.1) is 11.8 Å². The van der Waals surface area contributed by atoms with Crippen LogP contribution in [0.5, 0.6) is 0 Å². The van der Waals surface area contributed by atoms with Crippen LogP contribution in [0.2, 0.25) is 0 Å². The first kappa shape index (κ1) is 12.4. The van der Waals surface area contributed by atoms with Crippen LogP contribution in [-0.4, -0.2) is 35.3 Å². The van der Waals surface area contributed by atoms with Crippen LogP contribution in [0.4, 0.5) is 0 Å². The summed E-state index contributed by atoms with van der Waals surface area (Å²) in [5.74, 6) is 1.19. The molecule has 2 heterocycles. The second kappa shape index (κ2) is 6.62. The van der Waals surface area contributed by atoms with Gasteiger partial charge in [-0.05, 0) is 66.6 Å². The van der Waals surface area contributed by atoms with Gasteiger partial charge in [0.25, 0.3) is 0 Å². The fourth-order valence-electron chi connectivity index (χ4n) is 1.96. The standard InChI is InChI=1S/C12H17BrN2S/c13-11-8-12(10-14-9-11)16-7-3-6-15-4-1-2-5-15/h8-10H,1-7H2.